The third-order valence-corrected chi connectivity index (χ3v) is 9.80. The Morgan fingerprint density at radius 3 is 1.88 bits per heavy atom. The van der Waals surface area contributed by atoms with E-state index in [9.17, 15) is 0 Å². The summed E-state index contributed by atoms with van der Waals surface area (Å²) in [6.07, 6.45) is 0. The van der Waals surface area contributed by atoms with E-state index in [0.29, 0.717) is 12.1 Å². The molecule has 0 aliphatic rings. The Bertz CT molecular complexity index is 2570. The van der Waals surface area contributed by atoms with E-state index in [4.69, 9.17) is 2.74 Å². The highest BCUT2D eigenvalue weighted by molar-refractivity contribution is 7.25. The highest BCUT2D eigenvalue weighted by Crippen LogP contribution is 2.48. The number of thiophene rings is 1. The molecule has 0 atom stereocenters. The molecule has 0 unspecified atom stereocenters. The minimum atomic E-state index is 0.531. The number of hydrogen-bond donors (Lipinski definition) is 0. The van der Waals surface area contributed by atoms with Gasteiger partial charge in [0.1, 0.15) is 0 Å². The molecule has 1 heterocycles. The van der Waals surface area contributed by atoms with Crippen LogP contribution in [0, 0.1) is 0 Å². The topological polar surface area (TPSA) is 0 Å². The van der Waals surface area contributed by atoms with Crippen LogP contribution in [0.3, 0.4) is 0 Å². The largest absolute Gasteiger partial charge is 0.135 e. The monoisotopic (exact) mass is 564 g/mol. The molecule has 0 aliphatic carbocycles. The standard InChI is InChI=1S/C42H26S/c1-2-12-28-25-30(24-23-27(28)11-1)29-13-9-14-31(26-29)40-32-15-3-5-17-34(32)41(35-18-6-4-16-33(35)40)37-20-10-22-39-42(37)36-19-7-8-21-38(36)43-39/h1-26H/i1D,22D. The van der Waals surface area contributed by atoms with Crippen molar-refractivity contribution < 1.29 is 2.74 Å². The predicted molar refractivity (Wildman–Crippen MR) is 188 cm³/mol. The van der Waals surface area contributed by atoms with Crippen LogP contribution in [0.1, 0.15) is 2.74 Å². The fourth-order valence-corrected chi connectivity index (χ4v) is 7.89. The molecule has 0 aliphatic heterocycles. The zero-order chi connectivity index (χ0) is 30.1. The molecule has 0 saturated carbocycles. The predicted octanol–water partition coefficient (Wildman–Crippen LogP) is 12.5. The molecule has 0 amide bonds. The number of benzene rings is 8. The van der Waals surface area contributed by atoms with E-state index in [1.165, 1.54) is 64.8 Å². The van der Waals surface area contributed by atoms with Crippen LogP contribution in [0.4, 0.5) is 0 Å². The summed E-state index contributed by atoms with van der Waals surface area (Å²) in [4.78, 5) is 0. The van der Waals surface area contributed by atoms with Gasteiger partial charge in [-0.05, 0) is 89.9 Å². The van der Waals surface area contributed by atoms with Gasteiger partial charge in [-0.1, -0.05) is 133 Å². The van der Waals surface area contributed by atoms with Crippen molar-refractivity contribution in [1.29, 1.82) is 0 Å². The van der Waals surface area contributed by atoms with Gasteiger partial charge in [-0.2, -0.15) is 0 Å². The molecule has 0 radical (unpaired) electrons. The molecule has 0 saturated heterocycles. The van der Waals surface area contributed by atoms with Gasteiger partial charge in [-0.15, -0.1) is 11.3 Å². The highest BCUT2D eigenvalue weighted by Gasteiger charge is 2.19. The van der Waals surface area contributed by atoms with Gasteiger partial charge in [0.2, 0.25) is 0 Å². The Labute approximate surface area is 256 Å². The molecule has 0 bridgehead atoms. The van der Waals surface area contributed by atoms with Gasteiger partial charge in [0.15, 0.2) is 0 Å². The zero-order valence-electron chi connectivity index (χ0n) is 25.3. The summed E-state index contributed by atoms with van der Waals surface area (Å²) < 4.78 is 19.0. The van der Waals surface area contributed by atoms with E-state index in [1.54, 1.807) is 11.3 Å². The van der Waals surface area contributed by atoms with E-state index >= 15 is 0 Å². The van der Waals surface area contributed by atoms with E-state index in [-0.39, 0.29) is 0 Å². The summed E-state index contributed by atoms with van der Waals surface area (Å²) in [7, 11) is 0. The Balaban J connectivity index is 1.33. The van der Waals surface area contributed by atoms with Crippen molar-refractivity contribution in [2.24, 2.45) is 0 Å². The van der Waals surface area contributed by atoms with Crippen LogP contribution in [-0.4, -0.2) is 0 Å². The lowest BCUT2D eigenvalue weighted by atomic mass is 9.84. The first-order valence-corrected chi connectivity index (χ1v) is 15.4. The quantitative estimate of drug-likeness (QED) is 0.187. The lowest BCUT2D eigenvalue weighted by Gasteiger charge is -2.19. The Kier molecular flexibility index (Phi) is 5.03. The number of rotatable bonds is 3. The van der Waals surface area contributed by atoms with Crippen LogP contribution in [0.5, 0.6) is 0 Å². The van der Waals surface area contributed by atoms with Crippen LogP contribution in [-0.2, 0) is 0 Å². The molecule has 0 N–H and O–H groups in total. The van der Waals surface area contributed by atoms with Crippen LogP contribution < -0.4 is 0 Å². The van der Waals surface area contributed by atoms with Gasteiger partial charge < -0.3 is 0 Å². The van der Waals surface area contributed by atoms with Crippen molar-refractivity contribution in [2.75, 3.05) is 0 Å². The molecule has 200 valence electrons. The van der Waals surface area contributed by atoms with Crippen molar-refractivity contribution in [1.82, 2.24) is 0 Å². The minimum absolute atomic E-state index is 0.531. The summed E-state index contributed by atoms with van der Waals surface area (Å²) >= 11 is 1.71. The van der Waals surface area contributed by atoms with Crippen LogP contribution in [0.25, 0.3) is 85.9 Å². The average molecular weight is 565 g/mol. The fraction of sp³-hybridized carbons (Fsp3) is 0. The van der Waals surface area contributed by atoms with Gasteiger partial charge >= 0.3 is 0 Å². The van der Waals surface area contributed by atoms with Gasteiger partial charge in [-0.25, -0.2) is 0 Å². The van der Waals surface area contributed by atoms with Crippen molar-refractivity contribution >= 4 is 63.8 Å². The summed E-state index contributed by atoms with van der Waals surface area (Å²) in [5.74, 6) is 0. The van der Waals surface area contributed by atoms with Crippen molar-refractivity contribution in [3.63, 3.8) is 0 Å². The van der Waals surface area contributed by atoms with E-state index in [0.717, 1.165) is 21.0 Å². The normalized spacial score (nSPS) is 12.4. The molecule has 9 rings (SSSR count). The molecular weight excluding hydrogens is 537 g/mol. The fourth-order valence-electron chi connectivity index (χ4n) is 6.80. The maximum Gasteiger partial charge on any atom is 0.0638 e. The zero-order valence-corrected chi connectivity index (χ0v) is 24.1. The van der Waals surface area contributed by atoms with Crippen molar-refractivity contribution in [3.8, 4) is 33.4 Å². The third-order valence-electron chi connectivity index (χ3n) is 8.70. The Morgan fingerprint density at radius 1 is 0.419 bits per heavy atom. The maximum atomic E-state index is 8.77. The van der Waals surface area contributed by atoms with Gasteiger partial charge in [0.25, 0.3) is 0 Å². The van der Waals surface area contributed by atoms with E-state index < -0.39 is 0 Å². The molecule has 0 nitrogen and oxygen atoms in total. The molecule has 0 fully saturated rings. The summed E-state index contributed by atoms with van der Waals surface area (Å²) in [5, 5.41) is 9.45. The van der Waals surface area contributed by atoms with E-state index in [2.05, 4.69) is 121 Å². The first-order valence-electron chi connectivity index (χ1n) is 15.6. The summed E-state index contributed by atoms with van der Waals surface area (Å²) in [5.41, 5.74) is 7.14. The van der Waals surface area contributed by atoms with Gasteiger partial charge in [0, 0.05) is 20.2 Å². The molecule has 1 aromatic heterocycles. The summed E-state index contributed by atoms with van der Waals surface area (Å²) in [6, 6.07) is 52.5. The number of fused-ring (bicyclic) bond motifs is 6. The maximum absolute atomic E-state index is 8.77. The minimum Gasteiger partial charge on any atom is -0.135 e. The Hall–Kier alpha value is -5.24. The second-order valence-corrected chi connectivity index (χ2v) is 12.2. The second kappa shape index (κ2) is 9.66. The molecule has 1 heteroatoms. The molecule has 0 spiro atoms. The average Bonchev–Trinajstić information content (AvgIpc) is 3.48. The lowest BCUT2D eigenvalue weighted by molar-refractivity contribution is 1.63. The lowest BCUT2D eigenvalue weighted by Crippen LogP contribution is -1.91. The third kappa shape index (κ3) is 3.82. The van der Waals surface area contributed by atoms with Crippen LogP contribution in [0.15, 0.2) is 158 Å². The van der Waals surface area contributed by atoms with Gasteiger partial charge in [-0.3, -0.25) is 0 Å². The van der Waals surface area contributed by atoms with Gasteiger partial charge in [0.05, 0.1) is 2.74 Å². The second-order valence-electron chi connectivity index (χ2n) is 11.1. The highest BCUT2D eigenvalue weighted by atomic mass is 32.1. The Morgan fingerprint density at radius 2 is 1.09 bits per heavy atom. The molecule has 8 aromatic carbocycles. The molecule has 9 aromatic rings. The SMILES string of the molecule is [2H]c1ccc2cc(-c3cccc(-c4c5ccccc5c(-c5ccc([2H])c6sc7ccccc7c56)c5ccccc45)c3)ccc2c1. The van der Waals surface area contributed by atoms with Crippen LogP contribution >= 0.6 is 11.3 Å². The molecular formula is C42H26S. The number of hydrogen-bond acceptors (Lipinski definition) is 1. The first-order chi connectivity index (χ1) is 22.1. The smallest absolute Gasteiger partial charge is 0.0638 e. The molecule has 43 heavy (non-hydrogen) atoms. The van der Waals surface area contributed by atoms with Crippen molar-refractivity contribution in [2.45, 2.75) is 0 Å². The van der Waals surface area contributed by atoms with Crippen molar-refractivity contribution in [3.05, 3.63) is 158 Å². The van der Waals surface area contributed by atoms with E-state index in [1.807, 2.05) is 24.3 Å². The first kappa shape index (κ1) is 22.4. The van der Waals surface area contributed by atoms with Crippen LogP contribution in [0.2, 0.25) is 0 Å². The summed E-state index contributed by atoms with van der Waals surface area (Å²) in [6.45, 7) is 0.